The van der Waals surface area contributed by atoms with E-state index in [-0.39, 0.29) is 11.5 Å². The van der Waals surface area contributed by atoms with Crippen molar-refractivity contribution in [2.45, 2.75) is 25.5 Å². The number of hydrogen-bond acceptors (Lipinski definition) is 4. The number of amidine groups is 1. The Bertz CT molecular complexity index is 906. The van der Waals surface area contributed by atoms with E-state index in [1.54, 1.807) is 4.90 Å². The van der Waals surface area contributed by atoms with Gasteiger partial charge in [-0.25, -0.2) is 19.7 Å². The number of benzene rings is 2. The van der Waals surface area contributed by atoms with Crippen LogP contribution >= 0.6 is 11.6 Å². The van der Waals surface area contributed by atoms with Gasteiger partial charge in [0.05, 0.1) is 5.56 Å². The summed E-state index contributed by atoms with van der Waals surface area (Å²) in [5.74, 6) is -0.239. The third kappa shape index (κ3) is 3.55. The molecule has 0 unspecified atom stereocenters. The number of hydroxylamine groups is 1. The molecule has 7 heteroatoms. The summed E-state index contributed by atoms with van der Waals surface area (Å²) in [5, 5.41) is 0.337. The van der Waals surface area contributed by atoms with E-state index in [0.717, 1.165) is 5.56 Å². The Morgan fingerprint density at radius 2 is 1.93 bits per heavy atom. The zero-order chi connectivity index (χ0) is 19.0. The van der Waals surface area contributed by atoms with Crippen molar-refractivity contribution in [3.05, 3.63) is 70.0 Å². The average Bonchev–Trinajstić information content (AvgIpc) is 3.08. The number of piperidine rings is 1. The molecule has 27 heavy (non-hydrogen) atoms. The largest absolute Gasteiger partial charge is 0.338 e. The first kappa shape index (κ1) is 17.9. The van der Waals surface area contributed by atoms with Gasteiger partial charge in [0.2, 0.25) is 0 Å². The van der Waals surface area contributed by atoms with Crippen molar-refractivity contribution in [3.63, 3.8) is 0 Å². The van der Waals surface area contributed by atoms with Crippen molar-refractivity contribution in [1.29, 1.82) is 0 Å². The quantitative estimate of drug-likeness (QED) is 0.854. The molecule has 2 aliphatic heterocycles. The normalized spacial score (nSPS) is 18.3. The second-order valence-corrected chi connectivity index (χ2v) is 7.33. The summed E-state index contributed by atoms with van der Waals surface area (Å²) >= 11 is 5.90. The maximum Gasteiger partial charge on any atom is 0.256 e. The SMILES string of the molecule is Cc1ccc(C2=NC3(CCN(C(=O)c4cc(Cl)ccc4F)CC3)ON2)cc1. The number of likely N-dealkylation sites (tertiary alicyclic amines) is 1. The average molecular weight is 388 g/mol. The number of rotatable bonds is 2. The highest BCUT2D eigenvalue weighted by atomic mass is 35.5. The smallest absolute Gasteiger partial charge is 0.256 e. The molecule has 2 aliphatic rings. The third-order valence-corrected chi connectivity index (χ3v) is 5.20. The molecule has 2 aromatic rings. The lowest BCUT2D eigenvalue weighted by molar-refractivity contribution is -0.0849. The Kier molecular flexibility index (Phi) is 4.61. The van der Waals surface area contributed by atoms with E-state index in [4.69, 9.17) is 21.4 Å². The van der Waals surface area contributed by atoms with Gasteiger partial charge >= 0.3 is 0 Å². The highest BCUT2D eigenvalue weighted by Gasteiger charge is 2.41. The van der Waals surface area contributed by atoms with E-state index in [9.17, 15) is 9.18 Å². The van der Waals surface area contributed by atoms with Crippen LogP contribution in [0.25, 0.3) is 0 Å². The molecule has 5 nitrogen and oxygen atoms in total. The van der Waals surface area contributed by atoms with E-state index in [2.05, 4.69) is 5.48 Å². The van der Waals surface area contributed by atoms with Crippen molar-refractivity contribution in [3.8, 4) is 0 Å². The summed E-state index contributed by atoms with van der Waals surface area (Å²) in [7, 11) is 0. The van der Waals surface area contributed by atoms with Crippen LogP contribution in [0.1, 0.15) is 34.3 Å². The topological polar surface area (TPSA) is 53.9 Å². The minimum absolute atomic E-state index is 0.00670. The Hall–Kier alpha value is -2.44. The molecular formula is C20H19ClFN3O2. The van der Waals surface area contributed by atoms with Crippen LogP contribution in [0.2, 0.25) is 5.02 Å². The number of amides is 1. The molecule has 0 bridgehead atoms. The molecule has 4 rings (SSSR count). The van der Waals surface area contributed by atoms with Crippen molar-refractivity contribution < 1.29 is 14.0 Å². The fraction of sp³-hybridized carbons (Fsp3) is 0.300. The number of aliphatic imine (C=N–C) groups is 1. The molecule has 1 spiro atoms. The first-order valence-corrected chi connectivity index (χ1v) is 9.19. The zero-order valence-corrected chi connectivity index (χ0v) is 15.6. The minimum atomic E-state index is -0.691. The van der Waals surface area contributed by atoms with Crippen molar-refractivity contribution in [2.75, 3.05) is 13.1 Å². The van der Waals surface area contributed by atoms with Gasteiger partial charge in [0.1, 0.15) is 5.82 Å². The summed E-state index contributed by atoms with van der Waals surface area (Å²) in [6, 6.07) is 12.0. The predicted octanol–water partition coefficient (Wildman–Crippen LogP) is 3.70. The molecule has 1 N–H and O–H groups in total. The molecule has 0 radical (unpaired) electrons. The van der Waals surface area contributed by atoms with Crippen molar-refractivity contribution >= 4 is 23.3 Å². The molecule has 0 aliphatic carbocycles. The number of nitrogens with one attached hydrogen (secondary N) is 1. The van der Waals surface area contributed by atoms with E-state index < -0.39 is 11.5 Å². The highest BCUT2D eigenvalue weighted by molar-refractivity contribution is 6.31. The first-order valence-electron chi connectivity index (χ1n) is 8.81. The van der Waals surface area contributed by atoms with Gasteiger partial charge in [-0.2, -0.15) is 0 Å². The van der Waals surface area contributed by atoms with E-state index in [0.29, 0.717) is 36.8 Å². The number of nitrogens with zero attached hydrogens (tertiary/aromatic N) is 2. The van der Waals surface area contributed by atoms with Gasteiger partial charge in [-0.1, -0.05) is 41.4 Å². The second kappa shape index (κ2) is 6.94. The Labute approximate surface area is 161 Å². The van der Waals surface area contributed by atoms with Crippen LogP contribution < -0.4 is 5.48 Å². The summed E-state index contributed by atoms with van der Waals surface area (Å²) in [6.07, 6.45) is 1.06. The highest BCUT2D eigenvalue weighted by Crippen LogP contribution is 2.32. The van der Waals surface area contributed by atoms with Crippen LogP contribution in [-0.4, -0.2) is 35.5 Å². The van der Waals surface area contributed by atoms with Crippen LogP contribution in [0.3, 0.4) is 0 Å². The fourth-order valence-electron chi connectivity index (χ4n) is 3.33. The molecule has 0 atom stereocenters. The van der Waals surface area contributed by atoms with Gasteiger partial charge in [0.25, 0.3) is 5.91 Å². The lowest BCUT2D eigenvalue weighted by Crippen LogP contribution is -2.46. The maximum absolute atomic E-state index is 14.0. The van der Waals surface area contributed by atoms with Gasteiger partial charge in [-0.15, -0.1) is 0 Å². The molecular weight excluding hydrogens is 369 g/mol. The van der Waals surface area contributed by atoms with Crippen molar-refractivity contribution in [2.24, 2.45) is 4.99 Å². The van der Waals surface area contributed by atoms with Crippen LogP contribution in [0.15, 0.2) is 47.5 Å². The minimum Gasteiger partial charge on any atom is -0.338 e. The Balaban J connectivity index is 1.46. The standard InChI is InChI=1S/C20H19ClFN3O2/c1-13-2-4-14(5-3-13)18-23-20(27-24-18)8-10-25(11-9-20)19(26)16-12-15(21)6-7-17(16)22/h2-7,12H,8-11H2,1H3,(H,23,24). The Morgan fingerprint density at radius 1 is 1.22 bits per heavy atom. The molecule has 2 aromatic carbocycles. The first-order chi connectivity index (χ1) is 13.0. The van der Waals surface area contributed by atoms with E-state index in [1.807, 2.05) is 31.2 Å². The fourth-order valence-corrected chi connectivity index (χ4v) is 3.50. The monoisotopic (exact) mass is 387 g/mol. The van der Waals surface area contributed by atoms with Gasteiger partial charge in [0.15, 0.2) is 11.6 Å². The molecule has 1 saturated heterocycles. The van der Waals surface area contributed by atoms with Gasteiger partial charge in [-0.05, 0) is 25.1 Å². The molecule has 2 heterocycles. The van der Waals surface area contributed by atoms with Gasteiger partial charge in [-0.3, -0.25) is 4.79 Å². The molecule has 1 fully saturated rings. The summed E-state index contributed by atoms with van der Waals surface area (Å²) < 4.78 is 14.0. The second-order valence-electron chi connectivity index (χ2n) is 6.89. The van der Waals surface area contributed by atoms with E-state index in [1.165, 1.54) is 23.8 Å². The van der Waals surface area contributed by atoms with Crippen molar-refractivity contribution in [1.82, 2.24) is 10.4 Å². The number of carbonyl (C=O) groups is 1. The third-order valence-electron chi connectivity index (χ3n) is 4.97. The van der Waals surface area contributed by atoms with Crippen LogP contribution in [0, 0.1) is 12.7 Å². The number of carbonyl (C=O) groups excluding carboxylic acids is 1. The molecule has 140 valence electrons. The van der Waals surface area contributed by atoms with Gasteiger partial charge in [0, 0.05) is 36.5 Å². The Morgan fingerprint density at radius 3 is 2.63 bits per heavy atom. The maximum atomic E-state index is 14.0. The lowest BCUT2D eigenvalue weighted by Gasteiger charge is -2.35. The van der Waals surface area contributed by atoms with E-state index >= 15 is 0 Å². The number of aryl methyl sites for hydroxylation is 1. The van der Waals surface area contributed by atoms with Gasteiger partial charge < -0.3 is 4.90 Å². The number of hydrogen-bond donors (Lipinski definition) is 1. The summed E-state index contributed by atoms with van der Waals surface area (Å²) in [5.41, 5.74) is 4.35. The zero-order valence-electron chi connectivity index (χ0n) is 14.8. The summed E-state index contributed by atoms with van der Waals surface area (Å²) in [6.45, 7) is 2.88. The predicted molar refractivity (Wildman–Crippen MR) is 101 cm³/mol. The lowest BCUT2D eigenvalue weighted by atomic mass is 10.00. The molecule has 1 amide bonds. The van der Waals surface area contributed by atoms with Crippen LogP contribution in [-0.2, 0) is 4.84 Å². The molecule has 0 aromatic heterocycles. The van der Waals surface area contributed by atoms with Crippen LogP contribution in [0.4, 0.5) is 4.39 Å². The molecule has 0 saturated carbocycles. The van der Waals surface area contributed by atoms with Crippen LogP contribution in [0.5, 0.6) is 0 Å². The summed E-state index contributed by atoms with van der Waals surface area (Å²) in [4.78, 5) is 24.7. The number of halogens is 2.